The highest BCUT2D eigenvalue weighted by Crippen LogP contribution is 2.12. The Bertz CT molecular complexity index is 223. The van der Waals surface area contributed by atoms with Gasteiger partial charge in [-0.1, -0.05) is 27.2 Å². The van der Waals surface area contributed by atoms with E-state index in [-0.39, 0.29) is 16.9 Å². The Kier molecular flexibility index (Phi) is 6.76. The lowest BCUT2D eigenvalue weighted by atomic mass is 9.96. The van der Waals surface area contributed by atoms with Crippen LogP contribution in [0.3, 0.4) is 0 Å². The van der Waals surface area contributed by atoms with E-state index in [2.05, 4.69) is 31.4 Å². The zero-order chi connectivity index (χ0) is 13.5. The van der Waals surface area contributed by atoms with E-state index in [1.807, 2.05) is 20.8 Å². The third-order valence-electron chi connectivity index (χ3n) is 2.48. The normalized spacial score (nSPS) is 12.6. The van der Waals surface area contributed by atoms with E-state index in [0.29, 0.717) is 0 Å². The molecular weight excluding hydrogens is 212 g/mol. The summed E-state index contributed by atoms with van der Waals surface area (Å²) >= 11 is 0. The van der Waals surface area contributed by atoms with Gasteiger partial charge in [-0.15, -0.1) is 0 Å². The molecular formula is C14H30N2O. The summed E-state index contributed by atoms with van der Waals surface area (Å²) in [6.45, 7) is 14.2. The zero-order valence-electron chi connectivity index (χ0n) is 12.4. The van der Waals surface area contributed by atoms with Gasteiger partial charge in [0.15, 0.2) is 0 Å². The molecule has 0 unspecified atom stereocenters. The van der Waals surface area contributed by atoms with Gasteiger partial charge in [-0.25, -0.2) is 0 Å². The fourth-order valence-electron chi connectivity index (χ4n) is 1.36. The molecule has 0 aliphatic rings. The number of hydrogen-bond acceptors (Lipinski definition) is 2. The van der Waals surface area contributed by atoms with Crippen LogP contribution in [0.2, 0.25) is 0 Å². The van der Waals surface area contributed by atoms with Crippen LogP contribution < -0.4 is 10.6 Å². The van der Waals surface area contributed by atoms with Gasteiger partial charge in [-0.05, 0) is 40.2 Å². The van der Waals surface area contributed by atoms with Crippen molar-refractivity contribution < 1.29 is 4.79 Å². The first-order chi connectivity index (χ1) is 7.63. The van der Waals surface area contributed by atoms with Crippen LogP contribution in [0.25, 0.3) is 0 Å². The molecule has 0 atom stereocenters. The highest BCUT2D eigenvalue weighted by atomic mass is 16.2. The van der Waals surface area contributed by atoms with Crippen LogP contribution >= 0.6 is 0 Å². The molecule has 0 aromatic carbocycles. The van der Waals surface area contributed by atoms with Crippen LogP contribution in [0.5, 0.6) is 0 Å². The molecule has 3 heteroatoms. The molecule has 0 aliphatic carbocycles. The van der Waals surface area contributed by atoms with E-state index in [1.54, 1.807) is 0 Å². The number of carbonyl (C=O) groups is 1. The average Bonchev–Trinajstić information content (AvgIpc) is 2.12. The molecule has 2 N–H and O–H groups in total. The average molecular weight is 242 g/mol. The highest BCUT2D eigenvalue weighted by molar-refractivity contribution is 5.81. The summed E-state index contributed by atoms with van der Waals surface area (Å²) in [6, 6.07) is 0. The standard InChI is InChI=1S/C14H30N2O/c1-13(2,3)12(17)15-10-8-7-9-11-16-14(4,5)6/h16H,7-11H2,1-6H3,(H,15,17). The van der Waals surface area contributed by atoms with Crippen molar-refractivity contribution in [3.63, 3.8) is 0 Å². The predicted molar refractivity (Wildman–Crippen MR) is 74.1 cm³/mol. The number of carbonyl (C=O) groups excluding carboxylic acids is 1. The van der Waals surface area contributed by atoms with E-state index in [1.165, 1.54) is 6.42 Å². The molecule has 0 spiro atoms. The summed E-state index contributed by atoms with van der Waals surface area (Å²) in [4.78, 5) is 11.6. The Morgan fingerprint density at radius 3 is 1.88 bits per heavy atom. The second-order valence-electron chi connectivity index (χ2n) is 6.74. The fraction of sp³-hybridized carbons (Fsp3) is 0.929. The second kappa shape index (κ2) is 7.00. The summed E-state index contributed by atoms with van der Waals surface area (Å²) < 4.78 is 0. The van der Waals surface area contributed by atoms with Gasteiger partial charge >= 0.3 is 0 Å². The van der Waals surface area contributed by atoms with Gasteiger partial charge in [0.25, 0.3) is 0 Å². The number of nitrogens with one attached hydrogen (secondary N) is 2. The van der Waals surface area contributed by atoms with Gasteiger partial charge in [-0.2, -0.15) is 0 Å². The highest BCUT2D eigenvalue weighted by Gasteiger charge is 2.19. The van der Waals surface area contributed by atoms with Crippen molar-refractivity contribution >= 4 is 5.91 Å². The zero-order valence-corrected chi connectivity index (χ0v) is 12.4. The number of unbranched alkanes of at least 4 members (excludes halogenated alkanes) is 2. The Labute approximate surface area is 107 Å². The van der Waals surface area contributed by atoms with E-state index in [9.17, 15) is 4.79 Å². The molecule has 102 valence electrons. The predicted octanol–water partition coefficient (Wildman–Crippen LogP) is 2.71. The first-order valence-electron chi connectivity index (χ1n) is 6.66. The van der Waals surface area contributed by atoms with Crippen LogP contribution in [-0.2, 0) is 4.79 Å². The van der Waals surface area contributed by atoms with Gasteiger partial charge in [0, 0.05) is 17.5 Å². The molecule has 0 aliphatic heterocycles. The molecule has 0 radical (unpaired) electrons. The topological polar surface area (TPSA) is 41.1 Å². The number of rotatable bonds is 6. The second-order valence-corrected chi connectivity index (χ2v) is 6.74. The molecule has 0 saturated heterocycles. The Balaban J connectivity index is 3.39. The third kappa shape index (κ3) is 10.3. The SMILES string of the molecule is CC(C)(C)NCCCCCNC(=O)C(C)(C)C. The molecule has 3 nitrogen and oxygen atoms in total. The van der Waals surface area contributed by atoms with E-state index < -0.39 is 0 Å². The quantitative estimate of drug-likeness (QED) is 0.703. The van der Waals surface area contributed by atoms with Crippen molar-refractivity contribution in [2.75, 3.05) is 13.1 Å². The first kappa shape index (κ1) is 16.4. The first-order valence-corrected chi connectivity index (χ1v) is 6.66. The summed E-state index contributed by atoms with van der Waals surface area (Å²) in [5.74, 6) is 0.144. The lowest BCUT2D eigenvalue weighted by molar-refractivity contribution is -0.128. The molecule has 0 heterocycles. The van der Waals surface area contributed by atoms with Gasteiger partial charge < -0.3 is 10.6 Å². The minimum absolute atomic E-state index is 0.144. The van der Waals surface area contributed by atoms with Gasteiger partial charge in [0.2, 0.25) is 5.91 Å². The van der Waals surface area contributed by atoms with Crippen LogP contribution in [-0.4, -0.2) is 24.5 Å². The summed E-state index contributed by atoms with van der Waals surface area (Å²) in [7, 11) is 0. The monoisotopic (exact) mass is 242 g/mol. The molecule has 0 rings (SSSR count). The Morgan fingerprint density at radius 1 is 0.882 bits per heavy atom. The van der Waals surface area contributed by atoms with Crippen molar-refractivity contribution in [1.82, 2.24) is 10.6 Å². The lowest BCUT2D eigenvalue weighted by Crippen LogP contribution is -2.36. The largest absolute Gasteiger partial charge is 0.356 e. The molecule has 0 aromatic rings. The van der Waals surface area contributed by atoms with Crippen molar-refractivity contribution in [1.29, 1.82) is 0 Å². The number of amides is 1. The maximum Gasteiger partial charge on any atom is 0.225 e. The fourth-order valence-corrected chi connectivity index (χ4v) is 1.36. The van der Waals surface area contributed by atoms with Crippen LogP contribution in [0.15, 0.2) is 0 Å². The Morgan fingerprint density at radius 2 is 1.41 bits per heavy atom. The van der Waals surface area contributed by atoms with Crippen molar-refractivity contribution in [3.05, 3.63) is 0 Å². The molecule has 0 saturated carbocycles. The molecule has 0 fully saturated rings. The van der Waals surface area contributed by atoms with Gasteiger partial charge in [-0.3, -0.25) is 4.79 Å². The molecule has 1 amide bonds. The smallest absolute Gasteiger partial charge is 0.225 e. The van der Waals surface area contributed by atoms with E-state index >= 15 is 0 Å². The molecule has 0 aromatic heterocycles. The maximum atomic E-state index is 11.6. The summed E-state index contributed by atoms with van der Waals surface area (Å²) in [5, 5.41) is 6.43. The minimum atomic E-state index is -0.270. The van der Waals surface area contributed by atoms with Crippen LogP contribution in [0.4, 0.5) is 0 Å². The maximum absolute atomic E-state index is 11.6. The lowest BCUT2D eigenvalue weighted by Gasteiger charge is -2.20. The minimum Gasteiger partial charge on any atom is -0.356 e. The van der Waals surface area contributed by atoms with E-state index in [4.69, 9.17) is 0 Å². The van der Waals surface area contributed by atoms with Crippen molar-refractivity contribution in [2.45, 2.75) is 66.3 Å². The summed E-state index contributed by atoms with van der Waals surface area (Å²) in [6.07, 6.45) is 3.39. The van der Waals surface area contributed by atoms with Gasteiger partial charge in [0.05, 0.1) is 0 Å². The molecule has 0 bridgehead atoms. The van der Waals surface area contributed by atoms with Crippen molar-refractivity contribution in [3.8, 4) is 0 Å². The van der Waals surface area contributed by atoms with Crippen molar-refractivity contribution in [2.24, 2.45) is 5.41 Å². The Hall–Kier alpha value is -0.570. The van der Waals surface area contributed by atoms with Crippen LogP contribution in [0.1, 0.15) is 60.8 Å². The van der Waals surface area contributed by atoms with Gasteiger partial charge in [0.1, 0.15) is 0 Å². The third-order valence-corrected chi connectivity index (χ3v) is 2.48. The van der Waals surface area contributed by atoms with Crippen LogP contribution in [0, 0.1) is 5.41 Å². The molecule has 17 heavy (non-hydrogen) atoms. The van der Waals surface area contributed by atoms with E-state index in [0.717, 1.165) is 25.9 Å². The summed E-state index contributed by atoms with van der Waals surface area (Å²) in [5.41, 5.74) is -0.0613. The number of hydrogen-bond donors (Lipinski definition) is 2.